The minimum absolute atomic E-state index is 0.528. The first-order chi connectivity index (χ1) is 6.68. The number of hydrogen-bond donors (Lipinski definition) is 1. The predicted molar refractivity (Wildman–Crippen MR) is 58.3 cm³/mol. The molecule has 0 bridgehead atoms. The van der Waals surface area contributed by atoms with E-state index in [9.17, 15) is 5.11 Å². The first kappa shape index (κ1) is 9.75. The quantitative estimate of drug-likeness (QED) is 0.756. The first-order valence-corrected chi connectivity index (χ1v) is 5.18. The molecule has 74 valence electrons. The molecule has 1 aromatic carbocycles. The molecule has 1 N–H and O–H groups in total. The highest BCUT2D eigenvalue weighted by Gasteiger charge is 2.29. The average molecular weight is 209 g/mol. The highest BCUT2D eigenvalue weighted by Crippen LogP contribution is 2.41. The average Bonchev–Trinajstić information content (AvgIpc) is 3.00. The molecule has 0 aromatic heterocycles. The lowest BCUT2D eigenvalue weighted by atomic mass is 10.00. The molecule has 1 atom stereocenters. The second kappa shape index (κ2) is 3.76. The highest BCUT2D eigenvalue weighted by molar-refractivity contribution is 6.30. The zero-order valence-electron chi connectivity index (χ0n) is 7.91. The summed E-state index contributed by atoms with van der Waals surface area (Å²) in [6, 6.07) is 7.28. The van der Waals surface area contributed by atoms with Gasteiger partial charge in [-0.3, -0.25) is 0 Å². The van der Waals surface area contributed by atoms with Crippen LogP contribution in [0.15, 0.2) is 36.4 Å². The van der Waals surface area contributed by atoms with Gasteiger partial charge in [0.1, 0.15) is 6.10 Å². The maximum atomic E-state index is 9.95. The Hall–Kier alpha value is -0.790. The molecule has 1 aliphatic rings. The van der Waals surface area contributed by atoms with E-state index < -0.39 is 6.10 Å². The van der Waals surface area contributed by atoms with Crippen molar-refractivity contribution in [3.63, 3.8) is 0 Å². The molecular formula is C12H13ClO. The summed E-state index contributed by atoms with van der Waals surface area (Å²) >= 11 is 5.77. The highest BCUT2D eigenvalue weighted by atomic mass is 35.5. The fourth-order valence-corrected chi connectivity index (χ4v) is 1.66. The molecule has 2 heteroatoms. The van der Waals surface area contributed by atoms with Gasteiger partial charge in [-0.2, -0.15) is 0 Å². The lowest BCUT2D eigenvalue weighted by Gasteiger charge is -2.13. The van der Waals surface area contributed by atoms with Crippen molar-refractivity contribution in [3.8, 4) is 0 Å². The summed E-state index contributed by atoms with van der Waals surface area (Å²) < 4.78 is 0. The molecule has 0 amide bonds. The molecule has 0 aliphatic heterocycles. The zero-order chi connectivity index (χ0) is 10.1. The second-order valence-corrected chi connectivity index (χ2v) is 4.24. The third kappa shape index (κ3) is 1.99. The fraction of sp³-hybridized carbons (Fsp3) is 0.333. The molecule has 1 aliphatic carbocycles. The van der Waals surface area contributed by atoms with Crippen LogP contribution in [-0.4, -0.2) is 5.11 Å². The minimum Gasteiger partial charge on any atom is -0.384 e. The van der Waals surface area contributed by atoms with E-state index in [2.05, 4.69) is 6.58 Å². The van der Waals surface area contributed by atoms with E-state index in [0.717, 1.165) is 11.1 Å². The van der Waals surface area contributed by atoms with Crippen molar-refractivity contribution >= 4 is 11.6 Å². The Balaban J connectivity index is 2.13. The van der Waals surface area contributed by atoms with E-state index in [0.29, 0.717) is 10.9 Å². The van der Waals surface area contributed by atoms with E-state index in [1.54, 1.807) is 12.1 Å². The molecular weight excluding hydrogens is 196 g/mol. The third-order valence-corrected chi connectivity index (χ3v) is 2.89. The standard InChI is InChI=1S/C12H13ClO/c1-8(9-2-3-9)12(14)10-4-6-11(13)7-5-10/h4-7,9,12,14H,1-3H2. The van der Waals surface area contributed by atoms with Crippen molar-refractivity contribution in [3.05, 3.63) is 47.0 Å². The van der Waals surface area contributed by atoms with Gasteiger partial charge in [0.2, 0.25) is 0 Å². The number of hydrogen-bond acceptors (Lipinski definition) is 1. The number of halogens is 1. The second-order valence-electron chi connectivity index (χ2n) is 3.80. The van der Waals surface area contributed by atoms with E-state index in [1.165, 1.54) is 12.8 Å². The van der Waals surface area contributed by atoms with Crippen LogP contribution in [0.1, 0.15) is 24.5 Å². The maximum absolute atomic E-state index is 9.95. The van der Waals surface area contributed by atoms with Crippen LogP contribution in [0.25, 0.3) is 0 Å². The number of rotatable bonds is 3. The fourth-order valence-electron chi connectivity index (χ4n) is 1.54. The summed E-state index contributed by atoms with van der Waals surface area (Å²) in [7, 11) is 0. The Morgan fingerprint density at radius 2 is 1.93 bits per heavy atom. The van der Waals surface area contributed by atoms with E-state index in [1.807, 2.05) is 12.1 Å². The first-order valence-electron chi connectivity index (χ1n) is 4.80. The van der Waals surface area contributed by atoms with Gasteiger partial charge in [-0.15, -0.1) is 0 Å². The summed E-state index contributed by atoms with van der Waals surface area (Å²) in [6.07, 6.45) is 1.81. The van der Waals surface area contributed by atoms with Crippen molar-refractivity contribution < 1.29 is 5.11 Å². The number of aliphatic hydroxyl groups excluding tert-OH is 1. The normalized spacial score (nSPS) is 17.9. The van der Waals surface area contributed by atoms with Crippen molar-refractivity contribution in [1.29, 1.82) is 0 Å². The molecule has 0 radical (unpaired) electrons. The van der Waals surface area contributed by atoms with Gasteiger partial charge in [0.25, 0.3) is 0 Å². The Kier molecular flexibility index (Phi) is 2.62. The van der Waals surface area contributed by atoms with Crippen molar-refractivity contribution in [2.24, 2.45) is 5.92 Å². The number of benzene rings is 1. The van der Waals surface area contributed by atoms with Crippen LogP contribution in [0.3, 0.4) is 0 Å². The Morgan fingerprint density at radius 1 is 1.36 bits per heavy atom. The Morgan fingerprint density at radius 3 is 2.43 bits per heavy atom. The van der Waals surface area contributed by atoms with Gasteiger partial charge in [0.15, 0.2) is 0 Å². The smallest absolute Gasteiger partial charge is 0.100 e. The third-order valence-electron chi connectivity index (χ3n) is 2.64. The van der Waals surface area contributed by atoms with E-state index in [4.69, 9.17) is 11.6 Å². The van der Waals surface area contributed by atoms with Crippen molar-refractivity contribution in [2.45, 2.75) is 18.9 Å². The predicted octanol–water partition coefficient (Wildman–Crippen LogP) is 3.34. The molecule has 1 aromatic rings. The lowest BCUT2D eigenvalue weighted by Crippen LogP contribution is -2.01. The lowest BCUT2D eigenvalue weighted by molar-refractivity contribution is 0.209. The zero-order valence-corrected chi connectivity index (χ0v) is 8.67. The summed E-state index contributed by atoms with van der Waals surface area (Å²) in [4.78, 5) is 0. The van der Waals surface area contributed by atoms with E-state index in [-0.39, 0.29) is 0 Å². The van der Waals surface area contributed by atoms with Gasteiger partial charge in [0, 0.05) is 5.02 Å². The topological polar surface area (TPSA) is 20.2 Å². The summed E-state index contributed by atoms with van der Waals surface area (Å²) in [5.41, 5.74) is 1.82. The molecule has 1 saturated carbocycles. The summed E-state index contributed by atoms with van der Waals surface area (Å²) in [5, 5.41) is 10.6. The van der Waals surface area contributed by atoms with Crippen LogP contribution < -0.4 is 0 Å². The van der Waals surface area contributed by atoms with Gasteiger partial charge < -0.3 is 5.11 Å². The van der Waals surface area contributed by atoms with Crippen LogP contribution in [0, 0.1) is 5.92 Å². The van der Waals surface area contributed by atoms with Crippen LogP contribution in [0.2, 0.25) is 5.02 Å². The SMILES string of the molecule is C=C(C1CC1)C(O)c1ccc(Cl)cc1. The summed E-state index contributed by atoms with van der Waals surface area (Å²) in [5.74, 6) is 0.528. The monoisotopic (exact) mass is 208 g/mol. The van der Waals surface area contributed by atoms with Crippen molar-refractivity contribution in [1.82, 2.24) is 0 Å². The molecule has 0 heterocycles. The van der Waals surface area contributed by atoms with Crippen LogP contribution >= 0.6 is 11.6 Å². The van der Waals surface area contributed by atoms with Gasteiger partial charge in [-0.25, -0.2) is 0 Å². The molecule has 1 unspecified atom stereocenters. The molecule has 1 fully saturated rings. The van der Waals surface area contributed by atoms with Crippen LogP contribution in [-0.2, 0) is 0 Å². The maximum Gasteiger partial charge on any atom is 0.100 e. The van der Waals surface area contributed by atoms with Gasteiger partial charge in [-0.05, 0) is 42.0 Å². The number of aliphatic hydroxyl groups is 1. The van der Waals surface area contributed by atoms with Crippen molar-refractivity contribution in [2.75, 3.05) is 0 Å². The molecule has 1 nitrogen and oxygen atoms in total. The largest absolute Gasteiger partial charge is 0.384 e. The van der Waals surface area contributed by atoms with Crippen LogP contribution in [0.5, 0.6) is 0 Å². The van der Waals surface area contributed by atoms with Gasteiger partial charge in [-0.1, -0.05) is 30.3 Å². The Bertz CT molecular complexity index is 338. The molecule has 14 heavy (non-hydrogen) atoms. The molecule has 0 saturated heterocycles. The van der Waals surface area contributed by atoms with Gasteiger partial charge in [0.05, 0.1) is 0 Å². The minimum atomic E-state index is -0.528. The summed E-state index contributed by atoms with van der Waals surface area (Å²) in [6.45, 7) is 3.93. The van der Waals surface area contributed by atoms with E-state index >= 15 is 0 Å². The molecule has 2 rings (SSSR count). The Labute approximate surface area is 89.0 Å². The van der Waals surface area contributed by atoms with Crippen LogP contribution in [0.4, 0.5) is 0 Å². The molecule has 0 spiro atoms. The van der Waals surface area contributed by atoms with Gasteiger partial charge >= 0.3 is 0 Å².